The molecule has 0 aromatic heterocycles. The number of hydrogen-bond donors (Lipinski definition) is 0. The first kappa shape index (κ1) is 13.9. The predicted octanol–water partition coefficient (Wildman–Crippen LogP) is 3.51. The Morgan fingerprint density at radius 1 is 1.19 bits per heavy atom. The zero-order chi connectivity index (χ0) is 14.8. The number of rotatable bonds is 2. The first-order valence-corrected chi connectivity index (χ1v) is 6.98. The Bertz CT molecular complexity index is 669. The van der Waals surface area contributed by atoms with Crippen molar-refractivity contribution in [3.05, 3.63) is 64.4 Å². The number of para-hydroxylation sites is 1. The molecule has 2 aromatic carbocycles. The van der Waals surface area contributed by atoms with Crippen molar-refractivity contribution in [2.45, 2.75) is 6.54 Å². The fourth-order valence-corrected chi connectivity index (χ4v) is 2.55. The van der Waals surface area contributed by atoms with E-state index in [-0.39, 0.29) is 12.5 Å². The summed E-state index contributed by atoms with van der Waals surface area (Å²) >= 11 is 6.03. The lowest BCUT2D eigenvalue weighted by atomic mass is 10.1. The molecule has 0 unspecified atom stereocenters. The van der Waals surface area contributed by atoms with E-state index in [1.807, 2.05) is 6.07 Å². The number of nitrogens with zero attached hydrogens (tertiary/aromatic N) is 1. The zero-order valence-electron chi connectivity index (χ0n) is 11.2. The molecule has 0 fully saturated rings. The lowest BCUT2D eigenvalue weighted by molar-refractivity contribution is 0.0741. The molecular formula is C16H13ClFNO2. The minimum Gasteiger partial charge on any atom is -0.491 e. The highest BCUT2D eigenvalue weighted by molar-refractivity contribution is 6.31. The molecule has 3 rings (SSSR count). The van der Waals surface area contributed by atoms with Crippen molar-refractivity contribution in [1.29, 1.82) is 0 Å². The number of benzene rings is 2. The van der Waals surface area contributed by atoms with Gasteiger partial charge in [0.15, 0.2) is 0 Å². The van der Waals surface area contributed by atoms with Gasteiger partial charge in [0.25, 0.3) is 5.91 Å². The average molecular weight is 306 g/mol. The number of fused-ring (bicyclic) bond motifs is 1. The zero-order valence-corrected chi connectivity index (χ0v) is 11.9. The molecule has 0 bridgehead atoms. The maximum atomic E-state index is 13.9. The van der Waals surface area contributed by atoms with E-state index in [0.717, 1.165) is 0 Å². The van der Waals surface area contributed by atoms with Gasteiger partial charge >= 0.3 is 0 Å². The van der Waals surface area contributed by atoms with Crippen molar-refractivity contribution >= 4 is 17.5 Å². The van der Waals surface area contributed by atoms with E-state index >= 15 is 0 Å². The molecule has 0 saturated heterocycles. The highest BCUT2D eigenvalue weighted by atomic mass is 35.5. The highest BCUT2D eigenvalue weighted by Gasteiger charge is 2.24. The summed E-state index contributed by atoms with van der Waals surface area (Å²) in [5.41, 5.74) is 0.814. The molecular weight excluding hydrogens is 293 g/mol. The standard InChI is InChI=1S/C16H13ClFNO2/c17-13-5-3-6-14(18)12(13)10-19-8-9-21-15-7-2-1-4-11(15)16(19)20/h1-7H,8-10H2. The van der Waals surface area contributed by atoms with Crippen molar-refractivity contribution in [3.63, 3.8) is 0 Å². The maximum Gasteiger partial charge on any atom is 0.258 e. The van der Waals surface area contributed by atoms with Crippen LogP contribution in [0.15, 0.2) is 42.5 Å². The monoisotopic (exact) mass is 305 g/mol. The van der Waals surface area contributed by atoms with Crippen LogP contribution in [0.3, 0.4) is 0 Å². The highest BCUT2D eigenvalue weighted by Crippen LogP contribution is 2.26. The summed E-state index contributed by atoms with van der Waals surface area (Å²) in [5, 5.41) is 0.321. The van der Waals surface area contributed by atoms with Gasteiger partial charge < -0.3 is 9.64 Å². The molecule has 0 N–H and O–H groups in total. The molecule has 1 heterocycles. The van der Waals surface area contributed by atoms with E-state index in [9.17, 15) is 9.18 Å². The van der Waals surface area contributed by atoms with E-state index in [1.54, 1.807) is 35.2 Å². The third-order valence-electron chi connectivity index (χ3n) is 3.43. The number of ether oxygens (including phenoxy) is 1. The second kappa shape index (κ2) is 5.74. The Kier molecular flexibility index (Phi) is 3.80. The minimum atomic E-state index is -0.409. The first-order chi connectivity index (χ1) is 10.2. The number of amides is 1. The molecule has 21 heavy (non-hydrogen) atoms. The van der Waals surface area contributed by atoms with Gasteiger partial charge in [0, 0.05) is 10.6 Å². The smallest absolute Gasteiger partial charge is 0.258 e. The SMILES string of the molecule is O=C1c2ccccc2OCCN1Cc1c(F)cccc1Cl. The van der Waals surface area contributed by atoms with Gasteiger partial charge in [-0.05, 0) is 24.3 Å². The van der Waals surface area contributed by atoms with Crippen LogP contribution in [0.2, 0.25) is 5.02 Å². The predicted molar refractivity (Wildman–Crippen MR) is 78.1 cm³/mol. The molecule has 2 aromatic rings. The second-order valence-corrected chi connectivity index (χ2v) is 5.18. The Balaban J connectivity index is 1.92. The van der Waals surface area contributed by atoms with Crippen LogP contribution in [0.5, 0.6) is 5.75 Å². The topological polar surface area (TPSA) is 29.5 Å². The van der Waals surface area contributed by atoms with Crippen molar-refractivity contribution in [2.24, 2.45) is 0 Å². The Labute approximate surface area is 126 Å². The lowest BCUT2D eigenvalue weighted by Crippen LogP contribution is -2.32. The van der Waals surface area contributed by atoms with E-state index < -0.39 is 5.82 Å². The normalized spacial score (nSPS) is 14.4. The van der Waals surface area contributed by atoms with Gasteiger partial charge in [0.05, 0.1) is 18.7 Å². The Morgan fingerprint density at radius 3 is 2.81 bits per heavy atom. The van der Waals surface area contributed by atoms with Gasteiger partial charge in [-0.25, -0.2) is 4.39 Å². The lowest BCUT2D eigenvalue weighted by Gasteiger charge is -2.21. The van der Waals surface area contributed by atoms with Crippen molar-refractivity contribution in [1.82, 2.24) is 4.90 Å². The van der Waals surface area contributed by atoms with Gasteiger partial charge in [-0.3, -0.25) is 4.79 Å². The number of halogens is 2. The van der Waals surface area contributed by atoms with Crippen LogP contribution >= 0.6 is 11.6 Å². The van der Waals surface area contributed by atoms with Gasteiger partial charge in [-0.1, -0.05) is 29.8 Å². The molecule has 1 amide bonds. The van der Waals surface area contributed by atoms with Gasteiger partial charge in [-0.15, -0.1) is 0 Å². The molecule has 108 valence electrons. The van der Waals surface area contributed by atoms with Crippen LogP contribution in [0, 0.1) is 5.82 Å². The summed E-state index contributed by atoms with van der Waals surface area (Å²) in [4.78, 5) is 14.1. The summed E-state index contributed by atoms with van der Waals surface area (Å²) in [6.45, 7) is 0.884. The largest absolute Gasteiger partial charge is 0.491 e. The number of hydrogen-bond acceptors (Lipinski definition) is 2. The van der Waals surface area contributed by atoms with Crippen molar-refractivity contribution in [3.8, 4) is 5.75 Å². The summed E-state index contributed by atoms with van der Waals surface area (Å²) in [5.74, 6) is -0.0270. The van der Waals surface area contributed by atoms with E-state index in [2.05, 4.69) is 0 Å². The average Bonchev–Trinajstić information content (AvgIpc) is 2.63. The minimum absolute atomic E-state index is 0.127. The first-order valence-electron chi connectivity index (χ1n) is 6.61. The van der Waals surface area contributed by atoms with Crippen LogP contribution in [0.25, 0.3) is 0 Å². The van der Waals surface area contributed by atoms with Gasteiger partial charge in [0.2, 0.25) is 0 Å². The number of carbonyl (C=O) groups excluding carboxylic acids is 1. The third-order valence-corrected chi connectivity index (χ3v) is 3.79. The number of carbonyl (C=O) groups is 1. The molecule has 3 nitrogen and oxygen atoms in total. The Hall–Kier alpha value is -2.07. The van der Waals surface area contributed by atoms with E-state index in [0.29, 0.717) is 35.1 Å². The van der Waals surface area contributed by atoms with Crippen LogP contribution in [0.4, 0.5) is 4.39 Å². The van der Waals surface area contributed by atoms with Crippen LogP contribution in [0.1, 0.15) is 15.9 Å². The Morgan fingerprint density at radius 2 is 2.00 bits per heavy atom. The fraction of sp³-hybridized carbons (Fsp3) is 0.188. The summed E-state index contributed by atoms with van der Waals surface area (Å²) in [6, 6.07) is 11.6. The summed E-state index contributed by atoms with van der Waals surface area (Å²) in [6.07, 6.45) is 0. The molecule has 0 aliphatic carbocycles. The summed E-state index contributed by atoms with van der Waals surface area (Å²) < 4.78 is 19.4. The van der Waals surface area contributed by atoms with E-state index in [1.165, 1.54) is 6.07 Å². The maximum absolute atomic E-state index is 13.9. The molecule has 0 atom stereocenters. The van der Waals surface area contributed by atoms with Crippen LogP contribution in [-0.4, -0.2) is 24.0 Å². The quantitative estimate of drug-likeness (QED) is 0.849. The summed E-state index contributed by atoms with van der Waals surface area (Å²) in [7, 11) is 0. The molecule has 5 heteroatoms. The molecule has 0 radical (unpaired) electrons. The molecule has 0 spiro atoms. The van der Waals surface area contributed by atoms with Gasteiger partial charge in [-0.2, -0.15) is 0 Å². The van der Waals surface area contributed by atoms with Gasteiger partial charge in [0.1, 0.15) is 18.2 Å². The van der Waals surface area contributed by atoms with Crippen LogP contribution < -0.4 is 4.74 Å². The third kappa shape index (κ3) is 2.72. The van der Waals surface area contributed by atoms with Crippen molar-refractivity contribution in [2.75, 3.05) is 13.2 Å². The molecule has 1 aliphatic rings. The molecule has 0 saturated carbocycles. The van der Waals surface area contributed by atoms with Crippen LogP contribution in [-0.2, 0) is 6.54 Å². The fourth-order valence-electron chi connectivity index (χ4n) is 2.33. The van der Waals surface area contributed by atoms with E-state index in [4.69, 9.17) is 16.3 Å². The van der Waals surface area contributed by atoms with Crippen molar-refractivity contribution < 1.29 is 13.9 Å². The molecule has 1 aliphatic heterocycles. The second-order valence-electron chi connectivity index (χ2n) is 4.77.